The van der Waals surface area contributed by atoms with E-state index in [9.17, 15) is 20.1 Å². The van der Waals surface area contributed by atoms with E-state index in [2.05, 4.69) is 13.8 Å². The molecule has 0 aromatic carbocycles. The molecule has 4 aliphatic carbocycles. The van der Waals surface area contributed by atoms with E-state index >= 15 is 0 Å². The summed E-state index contributed by atoms with van der Waals surface area (Å²) in [7, 11) is 1.63. The molecule has 38 heavy (non-hydrogen) atoms. The second kappa shape index (κ2) is 9.52. The Hall–Kier alpha value is -1.03. The zero-order valence-corrected chi connectivity index (χ0v) is 23.3. The molecular formula is C30H46O8. The molecule has 3 N–H and O–H groups in total. The Morgan fingerprint density at radius 2 is 1.84 bits per heavy atom. The second-order valence-corrected chi connectivity index (χ2v) is 13.8. The fourth-order valence-corrected chi connectivity index (χ4v) is 10.1. The van der Waals surface area contributed by atoms with Crippen molar-refractivity contribution in [2.24, 2.45) is 34.5 Å². The summed E-state index contributed by atoms with van der Waals surface area (Å²) in [4.78, 5) is 11.8. The highest BCUT2D eigenvalue weighted by molar-refractivity contribution is 5.85. The molecule has 5 fully saturated rings. The van der Waals surface area contributed by atoms with Crippen LogP contribution in [0.3, 0.4) is 0 Å². The van der Waals surface area contributed by atoms with Crippen LogP contribution in [-0.4, -0.2) is 77.4 Å². The predicted molar refractivity (Wildman–Crippen MR) is 138 cm³/mol. The fourth-order valence-electron chi connectivity index (χ4n) is 10.1. The quantitative estimate of drug-likeness (QED) is 0.372. The average Bonchev–Trinajstić information content (AvgIpc) is 3.37. The van der Waals surface area contributed by atoms with Gasteiger partial charge >= 0.3 is 5.97 Å². The van der Waals surface area contributed by atoms with E-state index in [0.717, 1.165) is 50.5 Å². The van der Waals surface area contributed by atoms with Crippen LogP contribution >= 0.6 is 0 Å². The highest BCUT2D eigenvalue weighted by Gasteiger charge is 2.70. The van der Waals surface area contributed by atoms with Gasteiger partial charge in [-0.1, -0.05) is 13.8 Å². The molecule has 4 saturated carbocycles. The zero-order chi connectivity index (χ0) is 27.0. The normalized spacial score (nSPS) is 54.5. The van der Waals surface area contributed by atoms with Crippen LogP contribution in [0.25, 0.3) is 0 Å². The van der Waals surface area contributed by atoms with Crippen LogP contribution in [0.1, 0.15) is 78.6 Å². The average molecular weight is 535 g/mol. The predicted octanol–water partition coefficient (Wildman–Crippen LogP) is 3.11. The van der Waals surface area contributed by atoms with Crippen molar-refractivity contribution in [3.8, 4) is 0 Å². The Labute approximate surface area is 226 Å². The molecule has 0 aromatic rings. The SMILES string of the molecule is CO[C@H]1C[C@H](O[C@H]2CC[C@@]3(C)[C@H](CC[C@@H]4[C@@H]3CC[C@]3(C)[C@@H](C5=CC(=O)OC5)[C@@H](O)C[C@]43O)C2)O[C@@H](C)[C@@H]1O. The number of fused-ring (bicyclic) bond motifs is 5. The highest BCUT2D eigenvalue weighted by Crippen LogP contribution is 2.70. The lowest BCUT2D eigenvalue weighted by Crippen LogP contribution is -2.62. The van der Waals surface area contributed by atoms with Gasteiger partial charge in [0, 0.05) is 37.4 Å². The number of hydrogen-bond donors (Lipinski definition) is 3. The van der Waals surface area contributed by atoms with Gasteiger partial charge in [-0.2, -0.15) is 0 Å². The molecule has 0 radical (unpaired) electrons. The summed E-state index contributed by atoms with van der Waals surface area (Å²) < 4.78 is 23.1. The van der Waals surface area contributed by atoms with Gasteiger partial charge < -0.3 is 34.3 Å². The maximum Gasteiger partial charge on any atom is 0.331 e. The number of carbonyl (C=O) groups excluding carboxylic acids is 1. The smallest absolute Gasteiger partial charge is 0.331 e. The van der Waals surface area contributed by atoms with Crippen molar-refractivity contribution in [2.45, 2.75) is 121 Å². The maximum absolute atomic E-state index is 12.4. The minimum Gasteiger partial charge on any atom is -0.458 e. The van der Waals surface area contributed by atoms with Gasteiger partial charge in [0.2, 0.25) is 0 Å². The third-order valence-electron chi connectivity index (χ3n) is 12.2. The van der Waals surface area contributed by atoms with Gasteiger partial charge in [0.05, 0.1) is 30.0 Å². The standard InChI is InChI=1S/C30H46O8/c1-16-27(33)23(35-4)13-25(37-16)38-19-7-9-28(2)18(12-19)5-6-21-20(28)8-10-29(3)26(17-11-24(32)36-15-17)22(31)14-30(21,29)34/h11,16,18-23,25-27,31,33-34H,5-10,12-15H2,1-4H3/t16-,18+,19-,20-,21+,22-,23-,25-,26-,27-,28-,29+,30-/m0/s1. The van der Waals surface area contributed by atoms with Crippen molar-refractivity contribution in [2.75, 3.05) is 13.7 Å². The summed E-state index contributed by atoms with van der Waals surface area (Å²) in [5.41, 5.74) is -0.440. The minimum absolute atomic E-state index is 0.121. The summed E-state index contributed by atoms with van der Waals surface area (Å²) in [6.45, 7) is 6.67. The van der Waals surface area contributed by atoms with Gasteiger partial charge in [-0.25, -0.2) is 4.79 Å². The van der Waals surface area contributed by atoms with Gasteiger partial charge in [-0.05, 0) is 80.6 Å². The number of esters is 1. The summed E-state index contributed by atoms with van der Waals surface area (Å²) in [6, 6.07) is 0. The number of rotatable bonds is 4. The van der Waals surface area contributed by atoms with Crippen LogP contribution in [0.15, 0.2) is 11.6 Å². The molecule has 2 heterocycles. The lowest BCUT2D eigenvalue weighted by Gasteiger charge is -2.63. The second-order valence-electron chi connectivity index (χ2n) is 13.8. The monoisotopic (exact) mass is 534 g/mol. The summed E-state index contributed by atoms with van der Waals surface area (Å²) in [6.07, 6.45) is 7.17. The first-order chi connectivity index (χ1) is 18.0. The van der Waals surface area contributed by atoms with Crippen LogP contribution < -0.4 is 0 Å². The molecule has 13 atom stereocenters. The van der Waals surface area contributed by atoms with Crippen molar-refractivity contribution >= 4 is 5.97 Å². The molecule has 214 valence electrons. The van der Waals surface area contributed by atoms with Crippen molar-refractivity contribution in [1.82, 2.24) is 0 Å². The molecule has 8 heteroatoms. The van der Waals surface area contributed by atoms with E-state index in [0.29, 0.717) is 24.7 Å². The van der Waals surface area contributed by atoms with Crippen LogP contribution in [0.2, 0.25) is 0 Å². The van der Waals surface area contributed by atoms with E-state index in [1.165, 1.54) is 0 Å². The number of methoxy groups -OCH3 is 1. The highest BCUT2D eigenvalue weighted by atomic mass is 16.7. The number of ether oxygens (including phenoxy) is 4. The largest absolute Gasteiger partial charge is 0.458 e. The Morgan fingerprint density at radius 3 is 2.55 bits per heavy atom. The first-order valence-electron chi connectivity index (χ1n) is 14.8. The van der Waals surface area contributed by atoms with E-state index in [1.54, 1.807) is 13.2 Å². The van der Waals surface area contributed by atoms with Gasteiger partial charge in [0.25, 0.3) is 0 Å². The number of carbonyl (C=O) groups is 1. The molecule has 0 spiro atoms. The van der Waals surface area contributed by atoms with E-state index in [4.69, 9.17) is 18.9 Å². The van der Waals surface area contributed by atoms with Gasteiger partial charge in [0.1, 0.15) is 12.7 Å². The fraction of sp³-hybridized carbons (Fsp3) is 0.900. The van der Waals surface area contributed by atoms with E-state index in [-0.39, 0.29) is 54.4 Å². The van der Waals surface area contributed by atoms with Gasteiger partial charge in [-0.15, -0.1) is 0 Å². The molecule has 6 rings (SSSR count). The Balaban J connectivity index is 1.16. The molecular weight excluding hydrogens is 488 g/mol. The van der Waals surface area contributed by atoms with Gasteiger partial charge in [-0.3, -0.25) is 0 Å². The first kappa shape index (κ1) is 27.2. The van der Waals surface area contributed by atoms with Gasteiger partial charge in [0.15, 0.2) is 6.29 Å². The van der Waals surface area contributed by atoms with Crippen LogP contribution in [0.4, 0.5) is 0 Å². The Morgan fingerprint density at radius 1 is 1.05 bits per heavy atom. The Kier molecular flexibility index (Phi) is 6.80. The van der Waals surface area contributed by atoms with Crippen molar-refractivity contribution < 1.29 is 39.1 Å². The van der Waals surface area contributed by atoms with E-state index in [1.807, 2.05) is 6.92 Å². The summed E-state index contributed by atoms with van der Waals surface area (Å²) in [5, 5.41) is 33.9. The van der Waals surface area contributed by atoms with E-state index < -0.39 is 23.2 Å². The number of aliphatic hydroxyl groups is 3. The molecule has 0 bridgehead atoms. The molecule has 2 aliphatic heterocycles. The van der Waals surface area contributed by atoms with Crippen LogP contribution in [0, 0.1) is 34.5 Å². The molecule has 0 amide bonds. The summed E-state index contributed by atoms with van der Waals surface area (Å²) in [5.74, 6) is 0.493. The van der Waals surface area contributed by atoms with Crippen molar-refractivity contribution in [3.05, 3.63) is 11.6 Å². The third-order valence-corrected chi connectivity index (χ3v) is 12.2. The third kappa shape index (κ3) is 3.96. The lowest BCUT2D eigenvalue weighted by atomic mass is 9.43. The maximum atomic E-state index is 12.4. The first-order valence-corrected chi connectivity index (χ1v) is 14.8. The number of hydrogen-bond acceptors (Lipinski definition) is 8. The van der Waals surface area contributed by atoms with Crippen molar-refractivity contribution in [1.29, 1.82) is 0 Å². The topological polar surface area (TPSA) is 115 Å². The molecule has 0 unspecified atom stereocenters. The number of aliphatic hydroxyl groups excluding tert-OH is 2. The summed E-state index contributed by atoms with van der Waals surface area (Å²) >= 11 is 0. The molecule has 6 aliphatic rings. The van der Waals surface area contributed by atoms with Crippen LogP contribution in [0.5, 0.6) is 0 Å². The van der Waals surface area contributed by atoms with Crippen molar-refractivity contribution in [3.63, 3.8) is 0 Å². The lowest BCUT2D eigenvalue weighted by molar-refractivity contribution is -0.273. The number of cyclic esters (lactones) is 1. The molecule has 1 saturated heterocycles. The zero-order valence-electron chi connectivity index (χ0n) is 23.3. The van der Waals surface area contributed by atoms with Crippen LogP contribution in [-0.2, 0) is 23.7 Å². The minimum atomic E-state index is -0.949. The molecule has 0 aromatic heterocycles. The Bertz CT molecular complexity index is 968. The molecule has 8 nitrogen and oxygen atoms in total.